The number of nitrogens with zero attached hydrogens (tertiary/aromatic N) is 1. The summed E-state index contributed by atoms with van der Waals surface area (Å²) >= 11 is 0. The van der Waals surface area contributed by atoms with E-state index < -0.39 is 9.84 Å². The number of guanidine groups is 1. The normalized spacial score (nSPS) is 12.8. The van der Waals surface area contributed by atoms with E-state index >= 15 is 0 Å². The Kier molecular flexibility index (Phi) is 7.54. The van der Waals surface area contributed by atoms with Gasteiger partial charge < -0.3 is 15.4 Å². The van der Waals surface area contributed by atoms with Crippen molar-refractivity contribution in [3.8, 4) is 5.75 Å². The molecule has 0 saturated heterocycles. The van der Waals surface area contributed by atoms with E-state index in [1.807, 2.05) is 45.0 Å². The predicted molar refractivity (Wildman–Crippen MR) is 99.4 cm³/mol. The van der Waals surface area contributed by atoms with E-state index in [0.29, 0.717) is 19.0 Å². The minimum atomic E-state index is -2.98. The van der Waals surface area contributed by atoms with Crippen LogP contribution in [0.4, 0.5) is 0 Å². The maximum Gasteiger partial charge on any atom is 0.191 e. The van der Waals surface area contributed by atoms with E-state index in [2.05, 4.69) is 15.6 Å². The zero-order valence-electron chi connectivity index (χ0n) is 15.2. The third-order valence-electron chi connectivity index (χ3n) is 3.20. The molecular weight excluding hydrogens is 326 g/mol. The Hall–Kier alpha value is -1.76. The molecular formula is C17H29N3O3S. The van der Waals surface area contributed by atoms with Gasteiger partial charge in [-0.2, -0.15) is 0 Å². The Labute approximate surface area is 145 Å². The summed E-state index contributed by atoms with van der Waals surface area (Å²) in [6, 6.07) is 7.82. The average Bonchev–Trinajstić information content (AvgIpc) is 2.50. The molecule has 0 unspecified atom stereocenters. The Morgan fingerprint density at radius 1 is 1.21 bits per heavy atom. The van der Waals surface area contributed by atoms with Crippen LogP contribution in [0.5, 0.6) is 5.75 Å². The third kappa shape index (κ3) is 7.68. The second-order valence-corrected chi connectivity index (χ2v) is 8.88. The minimum Gasteiger partial charge on any atom is -0.488 e. The van der Waals surface area contributed by atoms with Gasteiger partial charge >= 0.3 is 0 Å². The molecule has 2 N–H and O–H groups in total. The average molecular weight is 356 g/mol. The zero-order valence-corrected chi connectivity index (χ0v) is 16.0. The van der Waals surface area contributed by atoms with Crippen molar-refractivity contribution in [1.29, 1.82) is 0 Å². The molecule has 0 radical (unpaired) electrons. The topological polar surface area (TPSA) is 79.8 Å². The number of sulfone groups is 1. The first-order valence-electron chi connectivity index (χ1n) is 8.08. The summed E-state index contributed by atoms with van der Waals surface area (Å²) in [7, 11) is -1.33. The molecule has 1 aromatic carbocycles. The molecule has 0 aliphatic rings. The van der Waals surface area contributed by atoms with Gasteiger partial charge in [0, 0.05) is 31.5 Å². The van der Waals surface area contributed by atoms with Gasteiger partial charge in [-0.15, -0.1) is 0 Å². The van der Waals surface area contributed by atoms with Crippen molar-refractivity contribution in [2.24, 2.45) is 4.99 Å². The van der Waals surface area contributed by atoms with Crippen LogP contribution in [0.2, 0.25) is 0 Å². The lowest BCUT2D eigenvalue weighted by Crippen LogP contribution is -2.39. The molecule has 0 aromatic heterocycles. The zero-order chi connectivity index (χ0) is 18.2. The van der Waals surface area contributed by atoms with Gasteiger partial charge in [-0.3, -0.25) is 4.99 Å². The van der Waals surface area contributed by atoms with E-state index in [9.17, 15) is 8.42 Å². The van der Waals surface area contributed by atoms with E-state index in [1.165, 1.54) is 0 Å². The summed E-state index contributed by atoms with van der Waals surface area (Å²) in [6.07, 6.45) is 0. The number of hydrogen-bond donors (Lipinski definition) is 2. The Morgan fingerprint density at radius 3 is 2.46 bits per heavy atom. The molecule has 24 heavy (non-hydrogen) atoms. The van der Waals surface area contributed by atoms with Crippen molar-refractivity contribution in [2.75, 3.05) is 25.1 Å². The lowest BCUT2D eigenvalue weighted by molar-refractivity contribution is 0.129. The maximum atomic E-state index is 11.5. The Morgan fingerprint density at radius 2 is 1.88 bits per heavy atom. The highest BCUT2D eigenvalue weighted by Crippen LogP contribution is 2.22. The fourth-order valence-corrected chi connectivity index (χ4v) is 2.65. The molecule has 0 aliphatic carbocycles. The summed E-state index contributed by atoms with van der Waals surface area (Å²) in [5, 5.41) is 6.20. The van der Waals surface area contributed by atoms with Crippen LogP contribution in [0.3, 0.4) is 0 Å². The highest BCUT2D eigenvalue weighted by molar-refractivity contribution is 7.91. The van der Waals surface area contributed by atoms with Crippen LogP contribution in [0.15, 0.2) is 29.3 Å². The molecule has 1 rings (SSSR count). The fourth-order valence-electron chi connectivity index (χ4n) is 1.95. The molecule has 0 heterocycles. The predicted octanol–water partition coefficient (Wildman–Crippen LogP) is 1.96. The van der Waals surface area contributed by atoms with Gasteiger partial charge in [0.2, 0.25) is 0 Å². The van der Waals surface area contributed by atoms with Crippen molar-refractivity contribution < 1.29 is 13.2 Å². The fraction of sp³-hybridized carbons (Fsp3) is 0.588. The van der Waals surface area contributed by atoms with Crippen LogP contribution in [0, 0.1) is 0 Å². The summed E-state index contributed by atoms with van der Waals surface area (Å²) in [5.74, 6) is 1.62. The first kappa shape index (κ1) is 20.3. The molecule has 0 amide bonds. The largest absolute Gasteiger partial charge is 0.488 e. The number of aliphatic imine (C=N–C) groups is 1. The highest BCUT2D eigenvalue weighted by Gasteiger charge is 2.14. The van der Waals surface area contributed by atoms with E-state index in [0.717, 1.165) is 11.3 Å². The van der Waals surface area contributed by atoms with Crippen molar-refractivity contribution in [2.45, 2.75) is 39.8 Å². The van der Waals surface area contributed by atoms with Crippen LogP contribution in [0.1, 0.15) is 33.3 Å². The monoisotopic (exact) mass is 355 g/mol. The van der Waals surface area contributed by atoms with Crippen molar-refractivity contribution in [3.63, 3.8) is 0 Å². The van der Waals surface area contributed by atoms with Crippen LogP contribution < -0.4 is 15.4 Å². The molecule has 6 nitrogen and oxygen atoms in total. The van der Waals surface area contributed by atoms with Crippen molar-refractivity contribution in [1.82, 2.24) is 10.6 Å². The summed E-state index contributed by atoms with van der Waals surface area (Å²) in [4.78, 5) is 4.11. The van der Waals surface area contributed by atoms with Gasteiger partial charge in [-0.05, 0) is 26.8 Å². The Balaban J connectivity index is 2.61. The number of rotatable bonds is 7. The van der Waals surface area contributed by atoms with Gasteiger partial charge in [0.25, 0.3) is 0 Å². The molecule has 0 spiro atoms. The SMILES string of the molecule is CCS(=O)(=O)CCNC(=NC)NCc1ccccc1OC(C)(C)C. The van der Waals surface area contributed by atoms with Gasteiger partial charge in [0.1, 0.15) is 11.4 Å². The molecule has 1 aromatic rings. The standard InChI is InChI=1S/C17H29N3O3S/c1-6-24(21,22)12-11-19-16(18-5)20-13-14-9-7-8-10-15(14)23-17(2,3)4/h7-10H,6,11-13H2,1-5H3,(H2,18,19,20). The summed E-state index contributed by atoms with van der Waals surface area (Å²) in [5.41, 5.74) is 0.737. The molecule has 7 heteroatoms. The van der Waals surface area contributed by atoms with Crippen LogP contribution in [-0.2, 0) is 16.4 Å². The van der Waals surface area contributed by atoms with E-state index in [-0.39, 0.29) is 17.1 Å². The first-order chi connectivity index (χ1) is 11.2. The molecule has 0 atom stereocenters. The lowest BCUT2D eigenvalue weighted by Gasteiger charge is -2.23. The second-order valence-electron chi connectivity index (χ2n) is 6.41. The van der Waals surface area contributed by atoms with Crippen LogP contribution >= 0.6 is 0 Å². The van der Waals surface area contributed by atoms with Crippen LogP contribution in [-0.4, -0.2) is 45.1 Å². The van der Waals surface area contributed by atoms with Gasteiger partial charge in [0.05, 0.1) is 5.75 Å². The molecule has 0 bridgehead atoms. The van der Waals surface area contributed by atoms with Gasteiger partial charge in [0.15, 0.2) is 15.8 Å². The first-order valence-corrected chi connectivity index (χ1v) is 9.91. The van der Waals surface area contributed by atoms with Crippen molar-refractivity contribution in [3.05, 3.63) is 29.8 Å². The lowest BCUT2D eigenvalue weighted by atomic mass is 10.1. The van der Waals surface area contributed by atoms with Gasteiger partial charge in [-0.1, -0.05) is 25.1 Å². The number of para-hydroxylation sites is 1. The quantitative estimate of drug-likeness (QED) is 0.577. The third-order valence-corrected chi connectivity index (χ3v) is 4.91. The molecule has 0 saturated carbocycles. The van der Waals surface area contributed by atoms with Gasteiger partial charge in [-0.25, -0.2) is 8.42 Å². The summed E-state index contributed by atoms with van der Waals surface area (Å²) < 4.78 is 29.0. The number of nitrogens with one attached hydrogen (secondary N) is 2. The Bertz CT molecular complexity index is 649. The molecule has 0 fully saturated rings. The van der Waals surface area contributed by atoms with Crippen molar-refractivity contribution >= 4 is 15.8 Å². The van der Waals surface area contributed by atoms with E-state index in [1.54, 1.807) is 14.0 Å². The summed E-state index contributed by atoms with van der Waals surface area (Å²) in [6.45, 7) is 8.53. The number of hydrogen-bond acceptors (Lipinski definition) is 4. The van der Waals surface area contributed by atoms with Crippen LogP contribution in [0.25, 0.3) is 0 Å². The molecule has 136 valence electrons. The molecule has 0 aliphatic heterocycles. The second kappa shape index (κ2) is 8.92. The number of ether oxygens (including phenoxy) is 1. The highest BCUT2D eigenvalue weighted by atomic mass is 32.2. The number of benzene rings is 1. The minimum absolute atomic E-state index is 0.0912. The smallest absolute Gasteiger partial charge is 0.191 e. The maximum absolute atomic E-state index is 11.5. The van der Waals surface area contributed by atoms with E-state index in [4.69, 9.17) is 4.74 Å².